The van der Waals surface area contributed by atoms with Gasteiger partial charge in [0.2, 0.25) is 11.8 Å². The first-order valence-corrected chi connectivity index (χ1v) is 7.06. The van der Waals surface area contributed by atoms with Gasteiger partial charge >= 0.3 is 5.97 Å². The van der Waals surface area contributed by atoms with Crippen LogP contribution in [0, 0.1) is 11.3 Å². The van der Waals surface area contributed by atoms with Crippen molar-refractivity contribution < 1.29 is 19.5 Å². The lowest BCUT2D eigenvalue weighted by molar-refractivity contribution is -0.152. The number of carboxylic acids is 1. The maximum Gasteiger partial charge on any atom is 0.310 e. The van der Waals surface area contributed by atoms with E-state index in [9.17, 15) is 19.5 Å². The Hall–Kier alpha value is -1.59. The van der Waals surface area contributed by atoms with E-state index in [-0.39, 0.29) is 24.2 Å². The van der Waals surface area contributed by atoms with E-state index in [1.54, 1.807) is 27.7 Å². The molecule has 116 valence electrons. The maximum absolute atomic E-state index is 11.8. The average molecular weight is 286 g/mol. The highest BCUT2D eigenvalue weighted by molar-refractivity contribution is 5.85. The van der Waals surface area contributed by atoms with Gasteiger partial charge in [0, 0.05) is 25.4 Å². The average Bonchev–Trinajstić information content (AvgIpc) is 2.40. The Kier molecular flexibility index (Phi) is 7.87. The molecule has 0 spiro atoms. The first kappa shape index (κ1) is 18.4. The molecule has 0 atom stereocenters. The fraction of sp³-hybridized carbons (Fsp3) is 0.786. The van der Waals surface area contributed by atoms with Crippen molar-refractivity contribution in [2.45, 2.75) is 47.0 Å². The van der Waals surface area contributed by atoms with Gasteiger partial charge in [0.05, 0.1) is 5.41 Å². The van der Waals surface area contributed by atoms with Crippen LogP contribution in [0.1, 0.15) is 47.0 Å². The van der Waals surface area contributed by atoms with Crippen molar-refractivity contribution in [3.8, 4) is 0 Å². The summed E-state index contributed by atoms with van der Waals surface area (Å²) >= 11 is 0. The normalized spacial score (nSPS) is 11.2. The van der Waals surface area contributed by atoms with Crippen LogP contribution in [-0.4, -0.2) is 36.0 Å². The summed E-state index contributed by atoms with van der Waals surface area (Å²) in [5.41, 5.74) is -0.995. The van der Waals surface area contributed by atoms with Crippen molar-refractivity contribution >= 4 is 17.8 Å². The van der Waals surface area contributed by atoms with Gasteiger partial charge < -0.3 is 15.7 Å². The second-order valence-corrected chi connectivity index (χ2v) is 5.27. The molecule has 0 saturated carbocycles. The third-order valence-electron chi connectivity index (χ3n) is 3.58. The van der Waals surface area contributed by atoms with Gasteiger partial charge in [-0.05, 0) is 12.8 Å². The fourth-order valence-electron chi connectivity index (χ4n) is 1.84. The lowest BCUT2D eigenvalue weighted by atomic mass is 9.79. The predicted octanol–water partition coefficient (Wildman–Crippen LogP) is 1.16. The van der Waals surface area contributed by atoms with Crippen molar-refractivity contribution in [3.63, 3.8) is 0 Å². The van der Waals surface area contributed by atoms with Crippen LogP contribution in [0.4, 0.5) is 0 Å². The van der Waals surface area contributed by atoms with Crippen LogP contribution in [0.15, 0.2) is 0 Å². The van der Waals surface area contributed by atoms with Gasteiger partial charge in [-0.25, -0.2) is 0 Å². The highest BCUT2D eigenvalue weighted by atomic mass is 16.4. The quantitative estimate of drug-likeness (QED) is 0.554. The minimum atomic E-state index is -0.995. The monoisotopic (exact) mass is 286 g/mol. The molecular weight excluding hydrogens is 260 g/mol. The van der Waals surface area contributed by atoms with E-state index in [0.717, 1.165) is 0 Å². The molecule has 2 amide bonds. The lowest BCUT2D eigenvalue weighted by Crippen LogP contribution is -2.40. The Morgan fingerprint density at radius 1 is 1.05 bits per heavy atom. The summed E-state index contributed by atoms with van der Waals surface area (Å²) in [4.78, 5) is 34.3. The smallest absolute Gasteiger partial charge is 0.310 e. The van der Waals surface area contributed by atoms with Crippen molar-refractivity contribution in [2.24, 2.45) is 11.3 Å². The van der Waals surface area contributed by atoms with E-state index in [4.69, 9.17) is 0 Å². The Balaban J connectivity index is 4.17. The van der Waals surface area contributed by atoms with Crippen molar-refractivity contribution in [3.05, 3.63) is 0 Å². The summed E-state index contributed by atoms with van der Waals surface area (Å²) < 4.78 is 0. The number of hydrogen-bond acceptors (Lipinski definition) is 3. The van der Waals surface area contributed by atoms with E-state index in [2.05, 4.69) is 10.6 Å². The molecule has 0 heterocycles. The molecule has 0 aliphatic heterocycles. The Bertz CT molecular complexity index is 349. The Morgan fingerprint density at radius 3 is 1.95 bits per heavy atom. The second kappa shape index (κ2) is 8.55. The predicted molar refractivity (Wildman–Crippen MR) is 76.1 cm³/mol. The number of hydrogen-bond donors (Lipinski definition) is 3. The van der Waals surface area contributed by atoms with Crippen LogP contribution in [-0.2, 0) is 14.4 Å². The SMILES string of the molecule is CCC(CC)(CC(=O)NCCNC(=O)C(C)C)C(=O)O. The highest BCUT2D eigenvalue weighted by Crippen LogP contribution is 2.30. The molecule has 3 N–H and O–H groups in total. The molecule has 0 bridgehead atoms. The van der Waals surface area contributed by atoms with E-state index < -0.39 is 11.4 Å². The summed E-state index contributed by atoms with van der Waals surface area (Å²) in [6.45, 7) is 7.78. The Labute approximate surface area is 120 Å². The molecule has 20 heavy (non-hydrogen) atoms. The number of nitrogens with one attached hydrogen (secondary N) is 2. The molecular formula is C14H26N2O4. The van der Waals surface area contributed by atoms with Gasteiger partial charge in [-0.1, -0.05) is 27.7 Å². The van der Waals surface area contributed by atoms with E-state index in [0.29, 0.717) is 25.9 Å². The van der Waals surface area contributed by atoms with Crippen LogP contribution in [0.5, 0.6) is 0 Å². The van der Waals surface area contributed by atoms with Gasteiger partial charge in [0.15, 0.2) is 0 Å². The summed E-state index contributed by atoms with van der Waals surface area (Å²) in [5, 5.41) is 14.6. The lowest BCUT2D eigenvalue weighted by Gasteiger charge is -2.25. The molecule has 0 aromatic heterocycles. The molecule has 0 saturated heterocycles. The largest absolute Gasteiger partial charge is 0.481 e. The van der Waals surface area contributed by atoms with E-state index in [1.165, 1.54) is 0 Å². The minimum absolute atomic E-state index is 0.0343. The molecule has 0 fully saturated rings. The number of carboxylic acid groups (broad SMARTS) is 1. The standard InChI is InChI=1S/C14H26N2O4/c1-5-14(6-2,13(19)20)9-11(17)15-7-8-16-12(18)10(3)4/h10H,5-9H2,1-4H3,(H,15,17)(H,16,18)(H,19,20). The number of amides is 2. The molecule has 6 nitrogen and oxygen atoms in total. The van der Waals surface area contributed by atoms with Crippen molar-refractivity contribution in [1.29, 1.82) is 0 Å². The first-order chi connectivity index (χ1) is 9.29. The van der Waals surface area contributed by atoms with Gasteiger partial charge in [-0.3, -0.25) is 14.4 Å². The van der Waals surface area contributed by atoms with E-state index >= 15 is 0 Å². The van der Waals surface area contributed by atoms with Crippen LogP contribution in [0.2, 0.25) is 0 Å². The van der Waals surface area contributed by atoms with Crippen LogP contribution < -0.4 is 10.6 Å². The summed E-state index contributed by atoms with van der Waals surface area (Å²) in [5.74, 6) is -1.40. The van der Waals surface area contributed by atoms with Crippen LogP contribution in [0.3, 0.4) is 0 Å². The fourth-order valence-corrected chi connectivity index (χ4v) is 1.84. The summed E-state index contributed by atoms with van der Waals surface area (Å²) in [7, 11) is 0. The third kappa shape index (κ3) is 5.59. The molecule has 6 heteroatoms. The van der Waals surface area contributed by atoms with Crippen molar-refractivity contribution in [1.82, 2.24) is 10.6 Å². The molecule has 0 aromatic rings. The third-order valence-corrected chi connectivity index (χ3v) is 3.58. The molecule has 0 aliphatic carbocycles. The van der Waals surface area contributed by atoms with Crippen LogP contribution >= 0.6 is 0 Å². The van der Waals surface area contributed by atoms with Gasteiger partial charge in [-0.15, -0.1) is 0 Å². The first-order valence-electron chi connectivity index (χ1n) is 7.06. The molecule has 0 aliphatic rings. The minimum Gasteiger partial charge on any atom is -0.481 e. The zero-order chi connectivity index (χ0) is 15.8. The van der Waals surface area contributed by atoms with E-state index in [1.807, 2.05) is 0 Å². The number of rotatable bonds is 9. The molecule has 0 unspecified atom stereocenters. The summed E-state index contributed by atoms with van der Waals surface area (Å²) in [6.07, 6.45) is 0.792. The molecule has 0 radical (unpaired) electrons. The van der Waals surface area contributed by atoms with Gasteiger partial charge in [0.25, 0.3) is 0 Å². The topological polar surface area (TPSA) is 95.5 Å². The number of aliphatic carboxylic acids is 1. The maximum atomic E-state index is 11.8. The van der Waals surface area contributed by atoms with Crippen LogP contribution in [0.25, 0.3) is 0 Å². The highest BCUT2D eigenvalue weighted by Gasteiger charge is 2.36. The van der Waals surface area contributed by atoms with Gasteiger partial charge in [0.1, 0.15) is 0 Å². The zero-order valence-corrected chi connectivity index (χ0v) is 12.8. The number of carbonyl (C=O) groups excluding carboxylic acids is 2. The molecule has 0 rings (SSSR count). The Morgan fingerprint density at radius 2 is 1.55 bits per heavy atom. The van der Waals surface area contributed by atoms with Gasteiger partial charge in [-0.2, -0.15) is 0 Å². The number of carbonyl (C=O) groups is 3. The molecule has 0 aromatic carbocycles. The van der Waals surface area contributed by atoms with Crippen molar-refractivity contribution in [2.75, 3.05) is 13.1 Å². The second-order valence-electron chi connectivity index (χ2n) is 5.27. The zero-order valence-electron chi connectivity index (χ0n) is 12.8. The summed E-state index contributed by atoms with van der Waals surface area (Å²) in [6, 6.07) is 0.